The number of aliphatic imine (C=N–C) groups is 1. The lowest BCUT2D eigenvalue weighted by Crippen LogP contribution is -2.46. The van der Waals surface area contributed by atoms with E-state index in [1.807, 2.05) is 0 Å². The van der Waals surface area contributed by atoms with Crippen LogP contribution in [0.3, 0.4) is 0 Å². The summed E-state index contributed by atoms with van der Waals surface area (Å²) in [5.74, 6) is -0.174. The van der Waals surface area contributed by atoms with Gasteiger partial charge in [-0.1, -0.05) is 24.6 Å². The van der Waals surface area contributed by atoms with Gasteiger partial charge in [0.15, 0.2) is 0 Å². The first-order valence-corrected chi connectivity index (χ1v) is 11.1. The lowest BCUT2D eigenvalue weighted by Gasteiger charge is -2.40. The number of nitrogens with one attached hydrogen (secondary N) is 2. The average molecular weight is 415 g/mol. The van der Waals surface area contributed by atoms with E-state index >= 15 is 0 Å². The van der Waals surface area contributed by atoms with Crippen molar-refractivity contribution in [2.45, 2.75) is 42.4 Å². The highest BCUT2D eigenvalue weighted by atomic mass is 32.2. The van der Waals surface area contributed by atoms with Crippen molar-refractivity contribution in [2.75, 3.05) is 11.9 Å². The van der Waals surface area contributed by atoms with Crippen molar-refractivity contribution in [3.05, 3.63) is 59.9 Å². The monoisotopic (exact) mass is 415 g/mol. The third kappa shape index (κ3) is 3.89. The molecule has 1 fully saturated rings. The SMILES string of the molecule is O=C(Nc1cccc(S(=O)(=O)NC2=NCCC2)c1)C1(c2cccc(F)c2)CCC1. The van der Waals surface area contributed by atoms with Crippen LogP contribution in [-0.4, -0.2) is 26.7 Å². The van der Waals surface area contributed by atoms with Crippen LogP contribution in [0.1, 0.15) is 37.7 Å². The van der Waals surface area contributed by atoms with E-state index in [-0.39, 0.29) is 16.6 Å². The Labute approximate surface area is 169 Å². The number of rotatable bonds is 5. The number of carbonyl (C=O) groups is 1. The van der Waals surface area contributed by atoms with Crippen molar-refractivity contribution in [1.29, 1.82) is 0 Å². The molecule has 4 rings (SSSR count). The van der Waals surface area contributed by atoms with Crippen LogP contribution in [0.15, 0.2) is 58.4 Å². The second-order valence-electron chi connectivity index (χ2n) is 7.47. The second kappa shape index (κ2) is 7.59. The maximum atomic E-state index is 13.7. The summed E-state index contributed by atoms with van der Waals surface area (Å²) in [5.41, 5.74) is 0.244. The zero-order chi connectivity index (χ0) is 20.5. The zero-order valence-electron chi connectivity index (χ0n) is 15.8. The van der Waals surface area contributed by atoms with E-state index in [0.717, 1.165) is 12.8 Å². The summed E-state index contributed by atoms with van der Waals surface area (Å²) in [5, 5.41) is 2.82. The van der Waals surface area contributed by atoms with Crippen molar-refractivity contribution in [3.63, 3.8) is 0 Å². The fourth-order valence-electron chi connectivity index (χ4n) is 3.79. The van der Waals surface area contributed by atoms with Gasteiger partial charge in [0.2, 0.25) is 5.91 Å². The van der Waals surface area contributed by atoms with Gasteiger partial charge in [-0.3, -0.25) is 14.5 Å². The van der Waals surface area contributed by atoms with E-state index in [1.165, 1.54) is 24.3 Å². The highest BCUT2D eigenvalue weighted by Crippen LogP contribution is 2.44. The molecule has 29 heavy (non-hydrogen) atoms. The van der Waals surface area contributed by atoms with E-state index in [9.17, 15) is 17.6 Å². The van der Waals surface area contributed by atoms with E-state index in [4.69, 9.17) is 0 Å². The van der Waals surface area contributed by atoms with Crippen molar-refractivity contribution >= 4 is 27.5 Å². The molecule has 1 amide bonds. The Kier molecular flexibility index (Phi) is 5.12. The third-order valence-electron chi connectivity index (χ3n) is 5.55. The van der Waals surface area contributed by atoms with Gasteiger partial charge >= 0.3 is 0 Å². The molecule has 2 aromatic carbocycles. The molecule has 1 aliphatic heterocycles. The molecular formula is C21H22FN3O3S. The highest BCUT2D eigenvalue weighted by Gasteiger charge is 2.45. The molecule has 0 atom stereocenters. The molecule has 0 bridgehead atoms. The number of anilines is 1. The minimum Gasteiger partial charge on any atom is -0.325 e. The molecule has 0 saturated heterocycles. The number of amidine groups is 1. The van der Waals surface area contributed by atoms with Crippen molar-refractivity contribution in [3.8, 4) is 0 Å². The van der Waals surface area contributed by atoms with E-state index < -0.39 is 15.4 Å². The zero-order valence-corrected chi connectivity index (χ0v) is 16.6. The van der Waals surface area contributed by atoms with Crippen molar-refractivity contribution in [2.24, 2.45) is 4.99 Å². The summed E-state index contributed by atoms with van der Waals surface area (Å²) < 4.78 is 41.4. The number of benzene rings is 2. The Balaban J connectivity index is 1.55. The molecule has 0 aromatic heterocycles. The molecule has 1 heterocycles. The molecule has 2 aromatic rings. The molecular weight excluding hydrogens is 393 g/mol. The third-order valence-corrected chi connectivity index (χ3v) is 6.93. The van der Waals surface area contributed by atoms with Crippen LogP contribution in [0.5, 0.6) is 0 Å². The van der Waals surface area contributed by atoms with Gasteiger partial charge in [-0.05, 0) is 55.2 Å². The van der Waals surface area contributed by atoms with Crippen molar-refractivity contribution < 1.29 is 17.6 Å². The van der Waals surface area contributed by atoms with E-state index in [2.05, 4.69) is 15.0 Å². The Morgan fingerprint density at radius 3 is 2.52 bits per heavy atom. The Morgan fingerprint density at radius 1 is 1.07 bits per heavy atom. The summed E-state index contributed by atoms with van der Waals surface area (Å²) in [6, 6.07) is 12.2. The normalized spacial score (nSPS) is 17.9. The van der Waals surface area contributed by atoms with Gasteiger partial charge in [-0.15, -0.1) is 0 Å². The number of hydrogen-bond donors (Lipinski definition) is 2. The summed E-state index contributed by atoms with van der Waals surface area (Å²) in [6.07, 6.45) is 3.57. The topological polar surface area (TPSA) is 87.6 Å². The lowest BCUT2D eigenvalue weighted by molar-refractivity contribution is -0.124. The molecule has 2 N–H and O–H groups in total. The Bertz CT molecular complexity index is 1080. The fraction of sp³-hybridized carbons (Fsp3) is 0.333. The summed E-state index contributed by atoms with van der Waals surface area (Å²) in [4.78, 5) is 17.2. The molecule has 0 unspecified atom stereocenters. The lowest BCUT2D eigenvalue weighted by atomic mass is 9.63. The quantitative estimate of drug-likeness (QED) is 0.785. The van der Waals surface area contributed by atoms with E-state index in [1.54, 1.807) is 24.3 Å². The molecule has 2 aliphatic rings. The smallest absolute Gasteiger partial charge is 0.262 e. The van der Waals surface area contributed by atoms with Gasteiger partial charge in [0.25, 0.3) is 10.0 Å². The van der Waals surface area contributed by atoms with Crippen molar-refractivity contribution in [1.82, 2.24) is 4.72 Å². The predicted octanol–water partition coefficient (Wildman–Crippen LogP) is 3.36. The first kappa shape index (κ1) is 19.6. The molecule has 1 saturated carbocycles. The van der Waals surface area contributed by atoms with Crippen LogP contribution >= 0.6 is 0 Å². The van der Waals surface area contributed by atoms with Gasteiger partial charge < -0.3 is 5.32 Å². The summed E-state index contributed by atoms with van der Waals surface area (Å²) in [7, 11) is -3.77. The molecule has 1 aliphatic carbocycles. The van der Waals surface area contributed by atoms with Gasteiger partial charge in [0, 0.05) is 18.7 Å². The highest BCUT2D eigenvalue weighted by molar-refractivity contribution is 7.90. The van der Waals surface area contributed by atoms with Crippen LogP contribution < -0.4 is 10.0 Å². The first-order chi connectivity index (χ1) is 13.9. The summed E-state index contributed by atoms with van der Waals surface area (Å²) in [6.45, 7) is 0.621. The number of sulfonamides is 1. The minimum absolute atomic E-state index is 0.0540. The Hall–Kier alpha value is -2.74. The van der Waals surface area contributed by atoms with E-state index in [0.29, 0.717) is 42.9 Å². The predicted molar refractivity (Wildman–Crippen MR) is 109 cm³/mol. The maximum Gasteiger partial charge on any atom is 0.262 e. The molecule has 0 radical (unpaired) electrons. The standard InChI is InChI=1S/C21H22FN3O3S/c22-16-6-1-5-15(13-16)21(10-4-11-21)20(26)24-17-7-2-8-18(14-17)29(27,28)25-19-9-3-12-23-19/h1-2,5-8,13-14H,3-4,9-12H2,(H,23,25)(H,24,26). The number of nitrogens with zero attached hydrogens (tertiary/aromatic N) is 1. The van der Waals surface area contributed by atoms with Gasteiger partial charge in [0.05, 0.1) is 10.3 Å². The largest absolute Gasteiger partial charge is 0.325 e. The second-order valence-corrected chi connectivity index (χ2v) is 9.15. The fourth-order valence-corrected chi connectivity index (χ4v) is 4.93. The molecule has 0 spiro atoms. The van der Waals surface area contributed by atoms with Gasteiger partial charge in [0.1, 0.15) is 11.7 Å². The molecule has 8 heteroatoms. The number of amides is 1. The number of hydrogen-bond acceptors (Lipinski definition) is 4. The van der Waals surface area contributed by atoms with Gasteiger partial charge in [-0.2, -0.15) is 0 Å². The molecule has 6 nitrogen and oxygen atoms in total. The van der Waals surface area contributed by atoms with Crippen LogP contribution in [0, 0.1) is 5.82 Å². The Morgan fingerprint density at radius 2 is 1.86 bits per heavy atom. The maximum absolute atomic E-state index is 13.7. The number of carbonyl (C=O) groups excluding carboxylic acids is 1. The molecule has 152 valence electrons. The van der Waals surface area contributed by atoms with Crippen LogP contribution in [0.4, 0.5) is 10.1 Å². The average Bonchev–Trinajstić information content (AvgIpc) is 3.13. The van der Waals surface area contributed by atoms with Gasteiger partial charge in [-0.25, -0.2) is 12.8 Å². The first-order valence-electron chi connectivity index (χ1n) is 9.63. The van der Waals surface area contributed by atoms with Crippen LogP contribution in [-0.2, 0) is 20.2 Å². The van der Waals surface area contributed by atoms with Crippen LogP contribution in [0.25, 0.3) is 0 Å². The number of halogens is 1. The minimum atomic E-state index is -3.77. The van der Waals surface area contributed by atoms with Crippen LogP contribution in [0.2, 0.25) is 0 Å². The summed E-state index contributed by atoms with van der Waals surface area (Å²) >= 11 is 0.